The van der Waals surface area contributed by atoms with Crippen LogP contribution in [0.4, 0.5) is 5.69 Å². The van der Waals surface area contributed by atoms with E-state index in [1.54, 1.807) is 29.8 Å². The van der Waals surface area contributed by atoms with Gasteiger partial charge in [-0.25, -0.2) is 0 Å². The minimum Gasteiger partial charge on any atom is -0.493 e. The maximum atomic E-state index is 12.8. The SMILES string of the molecule is COc1ccc(C(=O)Nc2ccccc2-c2nn3c(C)nnc3s2)cc1OC. The molecule has 4 rings (SSSR count). The van der Waals surface area contributed by atoms with Crippen LogP contribution >= 0.6 is 11.3 Å². The van der Waals surface area contributed by atoms with Gasteiger partial charge in [0.15, 0.2) is 17.3 Å². The van der Waals surface area contributed by atoms with E-state index in [2.05, 4.69) is 20.6 Å². The second kappa shape index (κ2) is 7.28. The Labute approximate surface area is 164 Å². The van der Waals surface area contributed by atoms with Gasteiger partial charge in [0.05, 0.1) is 19.9 Å². The van der Waals surface area contributed by atoms with Crippen molar-refractivity contribution in [1.29, 1.82) is 0 Å². The number of anilines is 1. The van der Waals surface area contributed by atoms with Crippen molar-refractivity contribution >= 4 is 27.9 Å². The molecule has 0 radical (unpaired) electrons. The minimum atomic E-state index is -0.257. The fraction of sp³-hybridized carbons (Fsp3) is 0.158. The second-order valence-electron chi connectivity index (χ2n) is 5.92. The molecule has 0 atom stereocenters. The Kier molecular flexibility index (Phi) is 4.66. The summed E-state index contributed by atoms with van der Waals surface area (Å²) < 4.78 is 12.2. The first kappa shape index (κ1) is 17.9. The lowest BCUT2D eigenvalue weighted by molar-refractivity contribution is 0.102. The van der Waals surface area contributed by atoms with Gasteiger partial charge in [0.25, 0.3) is 5.91 Å². The molecule has 4 aromatic rings. The van der Waals surface area contributed by atoms with Gasteiger partial charge in [-0.15, -0.1) is 10.2 Å². The molecule has 0 fully saturated rings. The molecule has 28 heavy (non-hydrogen) atoms. The highest BCUT2D eigenvalue weighted by molar-refractivity contribution is 7.19. The average Bonchev–Trinajstić information content (AvgIpc) is 3.29. The van der Waals surface area contributed by atoms with Crippen LogP contribution in [0, 0.1) is 6.92 Å². The van der Waals surface area contributed by atoms with Gasteiger partial charge in [0, 0.05) is 11.1 Å². The molecule has 1 amide bonds. The summed E-state index contributed by atoms with van der Waals surface area (Å²) in [5, 5.41) is 16.3. The minimum absolute atomic E-state index is 0.257. The van der Waals surface area contributed by atoms with Crippen molar-refractivity contribution < 1.29 is 14.3 Å². The van der Waals surface area contributed by atoms with E-state index in [0.717, 1.165) is 10.6 Å². The fourth-order valence-corrected chi connectivity index (χ4v) is 3.70. The summed E-state index contributed by atoms with van der Waals surface area (Å²) in [6.07, 6.45) is 0. The summed E-state index contributed by atoms with van der Waals surface area (Å²) in [6.45, 7) is 1.84. The molecule has 9 heteroatoms. The first-order valence-corrected chi connectivity index (χ1v) is 9.24. The lowest BCUT2D eigenvalue weighted by Gasteiger charge is -2.11. The normalized spacial score (nSPS) is 10.8. The van der Waals surface area contributed by atoms with Gasteiger partial charge in [-0.3, -0.25) is 4.79 Å². The third-order valence-electron chi connectivity index (χ3n) is 4.20. The molecule has 1 N–H and O–H groups in total. The molecule has 142 valence electrons. The zero-order chi connectivity index (χ0) is 19.7. The van der Waals surface area contributed by atoms with Crippen LogP contribution in [0.15, 0.2) is 42.5 Å². The third-order valence-corrected chi connectivity index (χ3v) is 5.13. The Balaban J connectivity index is 1.66. The summed E-state index contributed by atoms with van der Waals surface area (Å²) in [5.41, 5.74) is 1.93. The number of hydrogen-bond acceptors (Lipinski definition) is 7. The summed E-state index contributed by atoms with van der Waals surface area (Å²) in [6, 6.07) is 12.5. The Morgan fingerprint density at radius 3 is 2.61 bits per heavy atom. The molecule has 0 aliphatic heterocycles. The number of carbonyl (C=O) groups excluding carboxylic acids is 1. The van der Waals surface area contributed by atoms with Crippen LogP contribution in [0.1, 0.15) is 16.2 Å². The second-order valence-corrected chi connectivity index (χ2v) is 6.87. The zero-order valence-corrected chi connectivity index (χ0v) is 16.3. The number of fused-ring (bicyclic) bond motifs is 1. The number of amides is 1. The van der Waals surface area contributed by atoms with E-state index in [4.69, 9.17) is 9.47 Å². The maximum Gasteiger partial charge on any atom is 0.255 e. The van der Waals surface area contributed by atoms with E-state index in [1.165, 1.54) is 18.4 Å². The van der Waals surface area contributed by atoms with Crippen LogP contribution in [0.5, 0.6) is 11.5 Å². The molecule has 0 saturated heterocycles. The Hall–Kier alpha value is -3.46. The number of hydrogen-bond donors (Lipinski definition) is 1. The van der Waals surface area contributed by atoms with Gasteiger partial charge in [0.2, 0.25) is 4.96 Å². The van der Waals surface area contributed by atoms with Crippen molar-refractivity contribution in [1.82, 2.24) is 19.8 Å². The first-order valence-electron chi connectivity index (χ1n) is 8.42. The van der Waals surface area contributed by atoms with E-state index in [0.29, 0.717) is 33.5 Å². The van der Waals surface area contributed by atoms with E-state index < -0.39 is 0 Å². The molecule has 2 heterocycles. The standard InChI is InChI=1S/C19H17N5O3S/c1-11-21-22-19-24(11)23-18(28-19)13-6-4-5-7-14(13)20-17(25)12-8-9-15(26-2)16(10-12)27-3/h4-10H,1-3H3,(H,20,25). The van der Waals surface area contributed by atoms with Crippen LogP contribution < -0.4 is 14.8 Å². The topological polar surface area (TPSA) is 90.6 Å². The van der Waals surface area contributed by atoms with Crippen molar-refractivity contribution in [3.63, 3.8) is 0 Å². The zero-order valence-electron chi connectivity index (χ0n) is 15.5. The monoisotopic (exact) mass is 395 g/mol. The van der Waals surface area contributed by atoms with Gasteiger partial charge in [-0.2, -0.15) is 9.61 Å². The number of benzene rings is 2. The molecule has 0 spiro atoms. The molecule has 2 aromatic heterocycles. The van der Waals surface area contributed by atoms with Crippen molar-refractivity contribution in [2.24, 2.45) is 0 Å². The largest absolute Gasteiger partial charge is 0.493 e. The van der Waals surface area contributed by atoms with Gasteiger partial charge in [-0.05, 0) is 37.3 Å². The van der Waals surface area contributed by atoms with E-state index >= 15 is 0 Å². The first-order chi connectivity index (χ1) is 13.6. The highest BCUT2D eigenvalue weighted by Crippen LogP contribution is 2.32. The van der Waals surface area contributed by atoms with E-state index in [1.807, 2.05) is 31.2 Å². The van der Waals surface area contributed by atoms with Crippen LogP contribution in [-0.2, 0) is 0 Å². The average molecular weight is 395 g/mol. The van der Waals surface area contributed by atoms with E-state index in [-0.39, 0.29) is 5.91 Å². The third kappa shape index (κ3) is 3.16. The molecule has 0 unspecified atom stereocenters. The maximum absolute atomic E-state index is 12.8. The van der Waals surface area contributed by atoms with Gasteiger partial charge in [0.1, 0.15) is 5.01 Å². The lowest BCUT2D eigenvalue weighted by atomic mass is 10.1. The summed E-state index contributed by atoms with van der Waals surface area (Å²) >= 11 is 1.41. The van der Waals surface area contributed by atoms with Gasteiger partial charge in [-0.1, -0.05) is 23.5 Å². The number of nitrogens with zero attached hydrogens (tertiary/aromatic N) is 4. The Morgan fingerprint density at radius 2 is 1.86 bits per heavy atom. The number of methoxy groups -OCH3 is 2. The number of ether oxygens (including phenoxy) is 2. The molecule has 0 aliphatic rings. The van der Waals surface area contributed by atoms with Crippen LogP contribution in [0.2, 0.25) is 0 Å². The summed E-state index contributed by atoms with van der Waals surface area (Å²) in [7, 11) is 3.08. The number of aryl methyl sites for hydroxylation is 1. The molecule has 0 saturated carbocycles. The molecule has 0 aliphatic carbocycles. The quantitative estimate of drug-likeness (QED) is 0.557. The molecule has 0 bridgehead atoms. The number of rotatable bonds is 5. The highest BCUT2D eigenvalue weighted by Gasteiger charge is 2.16. The number of aromatic nitrogens is 4. The molecule has 8 nitrogen and oxygen atoms in total. The molecular weight excluding hydrogens is 378 g/mol. The van der Waals surface area contributed by atoms with Crippen LogP contribution in [-0.4, -0.2) is 39.9 Å². The Morgan fingerprint density at radius 1 is 1.07 bits per heavy atom. The fourth-order valence-electron chi connectivity index (χ4n) is 2.77. The number of carbonyl (C=O) groups is 1. The van der Waals surface area contributed by atoms with E-state index in [9.17, 15) is 4.79 Å². The van der Waals surface area contributed by atoms with Gasteiger partial charge >= 0.3 is 0 Å². The predicted molar refractivity (Wildman–Crippen MR) is 106 cm³/mol. The summed E-state index contributed by atoms with van der Waals surface area (Å²) in [4.78, 5) is 13.5. The molecular formula is C19H17N5O3S. The van der Waals surface area contributed by atoms with Crippen molar-refractivity contribution in [2.45, 2.75) is 6.92 Å². The number of nitrogens with one attached hydrogen (secondary N) is 1. The predicted octanol–water partition coefficient (Wildman–Crippen LogP) is 3.43. The highest BCUT2D eigenvalue weighted by atomic mass is 32.1. The number of para-hydroxylation sites is 1. The van der Waals surface area contributed by atoms with Crippen molar-refractivity contribution in [3.05, 3.63) is 53.9 Å². The summed E-state index contributed by atoms with van der Waals surface area (Å²) in [5.74, 6) is 1.51. The lowest BCUT2D eigenvalue weighted by Crippen LogP contribution is -2.13. The van der Waals surface area contributed by atoms with Crippen molar-refractivity contribution in [2.75, 3.05) is 19.5 Å². The van der Waals surface area contributed by atoms with Crippen LogP contribution in [0.25, 0.3) is 15.5 Å². The van der Waals surface area contributed by atoms with Gasteiger partial charge < -0.3 is 14.8 Å². The van der Waals surface area contributed by atoms with Crippen molar-refractivity contribution in [3.8, 4) is 22.1 Å². The Bertz CT molecular complexity index is 1170. The smallest absolute Gasteiger partial charge is 0.255 e. The van der Waals surface area contributed by atoms with Crippen LogP contribution in [0.3, 0.4) is 0 Å². The molecule has 2 aromatic carbocycles.